The van der Waals surface area contributed by atoms with E-state index in [2.05, 4.69) is 9.97 Å². The number of thiazole rings is 2. The molecule has 0 aliphatic rings. The molecule has 6 nitrogen and oxygen atoms in total. The van der Waals surface area contributed by atoms with Crippen molar-refractivity contribution >= 4 is 64.7 Å². The van der Waals surface area contributed by atoms with E-state index in [0.717, 1.165) is 0 Å². The largest absolute Gasteiger partial charge is 0.506 e. The molecule has 0 aliphatic heterocycles. The van der Waals surface area contributed by atoms with E-state index in [9.17, 15) is 20.4 Å². The van der Waals surface area contributed by atoms with Gasteiger partial charge in [0.15, 0.2) is 8.68 Å². The van der Waals surface area contributed by atoms with Crippen molar-refractivity contribution in [2.24, 2.45) is 0 Å². The molecule has 0 bridgehead atoms. The summed E-state index contributed by atoms with van der Waals surface area (Å²) in [7, 11) is 2.66. The molecule has 10 heteroatoms. The van der Waals surface area contributed by atoms with Gasteiger partial charge in [0.05, 0.1) is 0 Å². The highest BCUT2D eigenvalue weighted by atomic mass is 33.1. The Bertz CT molecular complexity index is 912. The number of hydrogen-bond acceptors (Lipinski definition) is 10. The summed E-state index contributed by atoms with van der Waals surface area (Å²) in [5.74, 6) is 0.190. The fourth-order valence-electron chi connectivity index (χ4n) is 2.06. The van der Waals surface area contributed by atoms with Crippen molar-refractivity contribution in [3.05, 3.63) is 24.3 Å². The molecule has 0 atom stereocenters. The van der Waals surface area contributed by atoms with Gasteiger partial charge in [0.25, 0.3) is 0 Å². The monoisotopic (exact) mass is 396 g/mol. The van der Waals surface area contributed by atoms with Gasteiger partial charge in [-0.1, -0.05) is 0 Å². The number of hydrogen-bond donors (Lipinski definition) is 4. The molecule has 0 fully saturated rings. The molecule has 2 aromatic carbocycles. The van der Waals surface area contributed by atoms with Crippen LogP contribution in [0.15, 0.2) is 32.9 Å². The Morgan fingerprint density at radius 1 is 0.625 bits per heavy atom. The van der Waals surface area contributed by atoms with Crippen LogP contribution in [0.25, 0.3) is 20.4 Å². The van der Waals surface area contributed by atoms with E-state index in [4.69, 9.17) is 0 Å². The number of nitrogens with zero attached hydrogens (tertiary/aromatic N) is 2. The summed E-state index contributed by atoms with van der Waals surface area (Å²) in [5, 5.41) is 39.3. The summed E-state index contributed by atoms with van der Waals surface area (Å²) >= 11 is 2.54. The van der Waals surface area contributed by atoms with Crippen molar-refractivity contribution in [1.29, 1.82) is 0 Å². The molecule has 0 aliphatic carbocycles. The van der Waals surface area contributed by atoms with Crippen LogP contribution in [0.3, 0.4) is 0 Å². The molecule has 0 amide bonds. The van der Waals surface area contributed by atoms with E-state index in [0.29, 0.717) is 29.1 Å². The van der Waals surface area contributed by atoms with Gasteiger partial charge in [0, 0.05) is 0 Å². The van der Waals surface area contributed by atoms with E-state index in [-0.39, 0.29) is 23.0 Å². The smallest absolute Gasteiger partial charge is 0.162 e. The molecule has 0 unspecified atom stereocenters. The topological polar surface area (TPSA) is 107 Å². The quantitative estimate of drug-likeness (QED) is 0.296. The SMILES string of the molecule is Oc1ccc(O)c2sc(SSc3nc4c(O)ccc(O)c4s3)nc12. The maximum atomic E-state index is 9.83. The van der Waals surface area contributed by atoms with Crippen LogP contribution in [0, 0.1) is 0 Å². The van der Waals surface area contributed by atoms with E-state index in [1.54, 1.807) is 0 Å². The predicted molar refractivity (Wildman–Crippen MR) is 97.6 cm³/mol. The first-order chi connectivity index (χ1) is 11.5. The fourth-order valence-corrected chi connectivity index (χ4v) is 6.57. The zero-order valence-corrected chi connectivity index (χ0v) is 14.9. The minimum Gasteiger partial charge on any atom is -0.506 e. The first-order valence-corrected chi connectivity index (χ1v) is 10.3. The third-order valence-corrected chi connectivity index (χ3v) is 8.27. The minimum atomic E-state index is 0.0192. The molecule has 2 heterocycles. The third-order valence-electron chi connectivity index (χ3n) is 3.15. The molecule has 4 aromatic rings. The van der Waals surface area contributed by atoms with Crippen LogP contribution in [0.4, 0.5) is 0 Å². The van der Waals surface area contributed by atoms with Crippen LogP contribution in [-0.4, -0.2) is 30.4 Å². The lowest BCUT2D eigenvalue weighted by molar-refractivity contribution is 0.469. The van der Waals surface area contributed by atoms with E-state index in [1.165, 1.54) is 68.5 Å². The van der Waals surface area contributed by atoms with Gasteiger partial charge in [0.1, 0.15) is 43.4 Å². The first-order valence-electron chi connectivity index (χ1n) is 6.50. The van der Waals surface area contributed by atoms with Crippen molar-refractivity contribution in [3.63, 3.8) is 0 Å². The Labute approximate surface area is 150 Å². The van der Waals surface area contributed by atoms with Gasteiger partial charge in [-0.05, 0) is 45.9 Å². The van der Waals surface area contributed by atoms with Crippen molar-refractivity contribution in [2.45, 2.75) is 8.68 Å². The van der Waals surface area contributed by atoms with E-state index < -0.39 is 0 Å². The second-order valence-electron chi connectivity index (χ2n) is 4.69. The molecule has 0 saturated carbocycles. The summed E-state index contributed by atoms with van der Waals surface area (Å²) in [4.78, 5) is 8.61. The van der Waals surface area contributed by atoms with Crippen molar-refractivity contribution < 1.29 is 20.4 Å². The van der Waals surface area contributed by atoms with Crippen molar-refractivity contribution in [2.75, 3.05) is 0 Å². The van der Waals surface area contributed by atoms with Gasteiger partial charge in [-0.15, -0.1) is 22.7 Å². The maximum Gasteiger partial charge on any atom is 0.162 e. The predicted octanol–water partition coefficient (Wildman–Crippen LogP) is 4.53. The van der Waals surface area contributed by atoms with Crippen LogP contribution < -0.4 is 0 Å². The van der Waals surface area contributed by atoms with Crippen molar-refractivity contribution in [3.8, 4) is 23.0 Å². The number of benzene rings is 2. The highest BCUT2D eigenvalue weighted by molar-refractivity contribution is 8.77. The van der Waals surface area contributed by atoms with Gasteiger partial charge in [-0.3, -0.25) is 0 Å². The summed E-state index contributed by atoms with van der Waals surface area (Å²) in [6, 6.07) is 5.66. The number of rotatable bonds is 3. The fraction of sp³-hybridized carbons (Fsp3) is 0. The van der Waals surface area contributed by atoms with Crippen LogP contribution in [-0.2, 0) is 0 Å². The molecule has 122 valence electrons. The Balaban J connectivity index is 1.63. The van der Waals surface area contributed by atoms with Gasteiger partial charge in [0.2, 0.25) is 0 Å². The molecule has 24 heavy (non-hydrogen) atoms. The highest BCUT2D eigenvalue weighted by Gasteiger charge is 2.15. The Morgan fingerprint density at radius 2 is 1.00 bits per heavy atom. The number of fused-ring (bicyclic) bond motifs is 2. The standard InChI is InChI=1S/C14H8N2O4S4/c17-5-1-3-7(19)11-9(5)15-13(21-11)23-24-14-16-10-6(18)2-4-8(20)12(10)22-14/h1-4,17-20H. The Hall–Kier alpha value is -1.88. The number of phenols is 4. The summed E-state index contributed by atoms with van der Waals surface area (Å²) < 4.78 is 2.36. The van der Waals surface area contributed by atoms with Crippen LogP contribution >= 0.6 is 44.3 Å². The number of phenolic OH excluding ortho intramolecular Hbond substituents is 4. The zero-order chi connectivity index (χ0) is 16.8. The van der Waals surface area contributed by atoms with Gasteiger partial charge >= 0.3 is 0 Å². The molecule has 0 spiro atoms. The normalized spacial score (nSPS) is 11.5. The van der Waals surface area contributed by atoms with Crippen LogP contribution in [0.5, 0.6) is 23.0 Å². The maximum absolute atomic E-state index is 9.83. The first kappa shape index (κ1) is 15.6. The summed E-state index contributed by atoms with van der Waals surface area (Å²) in [6.45, 7) is 0. The molecule has 4 rings (SSSR count). The Kier molecular flexibility index (Phi) is 3.83. The molecular weight excluding hydrogens is 388 g/mol. The lowest BCUT2D eigenvalue weighted by Gasteiger charge is -1.94. The third kappa shape index (κ3) is 2.61. The zero-order valence-electron chi connectivity index (χ0n) is 11.6. The van der Waals surface area contributed by atoms with E-state index in [1.807, 2.05) is 0 Å². The van der Waals surface area contributed by atoms with Gasteiger partial charge < -0.3 is 20.4 Å². The van der Waals surface area contributed by atoms with Crippen molar-refractivity contribution in [1.82, 2.24) is 9.97 Å². The van der Waals surface area contributed by atoms with Crippen LogP contribution in [0.2, 0.25) is 0 Å². The highest BCUT2D eigenvalue weighted by Crippen LogP contribution is 2.47. The number of aromatic hydroxyl groups is 4. The second-order valence-corrected chi connectivity index (χ2v) is 9.31. The van der Waals surface area contributed by atoms with Gasteiger partial charge in [-0.2, -0.15) is 0 Å². The molecule has 0 radical (unpaired) electrons. The van der Waals surface area contributed by atoms with Crippen LogP contribution in [0.1, 0.15) is 0 Å². The molecular formula is C14H8N2O4S4. The summed E-state index contributed by atoms with van der Waals surface area (Å²) in [5.41, 5.74) is 0.727. The average molecular weight is 396 g/mol. The molecule has 4 N–H and O–H groups in total. The Morgan fingerprint density at radius 3 is 1.38 bits per heavy atom. The summed E-state index contributed by atoms with van der Waals surface area (Å²) in [6.07, 6.45) is 0. The van der Waals surface area contributed by atoms with E-state index >= 15 is 0 Å². The minimum absolute atomic E-state index is 0.0192. The average Bonchev–Trinajstić information content (AvgIpc) is 3.18. The number of aromatic nitrogens is 2. The van der Waals surface area contributed by atoms with Gasteiger partial charge in [-0.25, -0.2) is 9.97 Å². The lowest BCUT2D eigenvalue weighted by Crippen LogP contribution is -1.72. The second kappa shape index (κ2) is 5.88. The molecule has 2 aromatic heterocycles. The lowest BCUT2D eigenvalue weighted by atomic mass is 10.3. The molecule has 0 saturated heterocycles.